The Morgan fingerprint density at radius 2 is 1.93 bits per heavy atom. The zero-order valence-electron chi connectivity index (χ0n) is 24.4. The fourth-order valence-electron chi connectivity index (χ4n) is 5.77. The first-order chi connectivity index (χ1) is 20.4. The van der Waals surface area contributed by atoms with Gasteiger partial charge < -0.3 is 25.7 Å². The van der Waals surface area contributed by atoms with Gasteiger partial charge in [-0.3, -0.25) is 9.78 Å². The molecule has 42 heavy (non-hydrogen) atoms. The van der Waals surface area contributed by atoms with Crippen LogP contribution in [0.25, 0.3) is 21.8 Å². The van der Waals surface area contributed by atoms with Crippen LogP contribution in [0.5, 0.6) is 5.75 Å². The van der Waals surface area contributed by atoms with Gasteiger partial charge in [-0.15, -0.1) is 0 Å². The number of hydrogen-bond acceptors (Lipinski definition) is 5. The maximum Gasteiger partial charge on any atom is 0.414 e. The van der Waals surface area contributed by atoms with Gasteiger partial charge in [-0.1, -0.05) is 37.8 Å². The summed E-state index contributed by atoms with van der Waals surface area (Å²) in [5, 5.41) is 12.2. The number of H-pyrrole nitrogens is 1. The van der Waals surface area contributed by atoms with E-state index < -0.39 is 6.09 Å². The van der Waals surface area contributed by atoms with E-state index in [9.17, 15) is 9.59 Å². The molecule has 5 rings (SSSR count). The number of aromatic nitrogens is 2. The van der Waals surface area contributed by atoms with Crippen molar-refractivity contribution in [2.75, 3.05) is 11.9 Å². The zero-order chi connectivity index (χ0) is 29.5. The highest BCUT2D eigenvalue weighted by Crippen LogP contribution is 2.35. The van der Waals surface area contributed by atoms with Gasteiger partial charge in [-0.2, -0.15) is 0 Å². The number of carbonyl (C=O) groups is 2. The monoisotopic (exact) mass is 589 g/mol. The Hall–Kier alpha value is -3.78. The summed E-state index contributed by atoms with van der Waals surface area (Å²) in [6.45, 7) is 4.24. The lowest BCUT2D eigenvalue weighted by molar-refractivity contribution is -0.118. The molecule has 222 valence electrons. The molecule has 1 aliphatic carbocycles. The molecule has 0 saturated heterocycles. The van der Waals surface area contributed by atoms with E-state index >= 15 is 0 Å². The van der Waals surface area contributed by atoms with Crippen LogP contribution in [0.1, 0.15) is 75.6 Å². The minimum Gasteiger partial charge on any atom is -0.410 e. The smallest absolute Gasteiger partial charge is 0.410 e. The SMILES string of the molecule is CCCCCCC(NC(=O)Oc1ccc2[nH]cc(CCNC(C)=O)c2c1)Nc1c2c(nc3ccc(Cl)cc13)CCCC2. The Morgan fingerprint density at radius 1 is 1.07 bits per heavy atom. The van der Waals surface area contributed by atoms with Crippen LogP contribution in [0.15, 0.2) is 42.6 Å². The number of ether oxygens (including phenoxy) is 1. The molecule has 0 saturated carbocycles. The lowest BCUT2D eigenvalue weighted by Gasteiger charge is -2.26. The highest BCUT2D eigenvalue weighted by Gasteiger charge is 2.22. The number of halogens is 1. The molecule has 2 aromatic heterocycles. The molecule has 8 nitrogen and oxygen atoms in total. The number of unbranched alkanes of at least 4 members (excludes halogenated alkanes) is 3. The fraction of sp³-hybridized carbons (Fsp3) is 0.424. The largest absolute Gasteiger partial charge is 0.414 e. The second-order valence-corrected chi connectivity index (χ2v) is 11.6. The number of aromatic amines is 1. The molecular formula is C33H40ClN5O3. The number of amides is 2. The number of rotatable bonds is 12. The number of nitrogens with zero attached hydrogens (tertiary/aromatic N) is 1. The van der Waals surface area contributed by atoms with E-state index in [1.165, 1.54) is 12.5 Å². The highest BCUT2D eigenvalue weighted by atomic mass is 35.5. The minimum atomic E-state index is -0.511. The number of aryl methyl sites for hydroxylation is 1. The Morgan fingerprint density at radius 3 is 2.76 bits per heavy atom. The molecule has 0 spiro atoms. The van der Waals surface area contributed by atoms with Gasteiger partial charge in [-0.05, 0) is 92.5 Å². The molecule has 4 N–H and O–H groups in total. The van der Waals surface area contributed by atoms with Gasteiger partial charge in [0.25, 0.3) is 0 Å². The normalized spacial score (nSPS) is 13.5. The first-order valence-electron chi connectivity index (χ1n) is 15.1. The molecule has 0 bridgehead atoms. The molecule has 1 aliphatic rings. The quantitative estimate of drug-likeness (QED) is 0.102. The number of anilines is 1. The second kappa shape index (κ2) is 13.9. The highest BCUT2D eigenvalue weighted by molar-refractivity contribution is 6.31. The summed E-state index contributed by atoms with van der Waals surface area (Å²) in [5.41, 5.74) is 6.26. The van der Waals surface area contributed by atoms with Crippen molar-refractivity contribution >= 4 is 51.1 Å². The number of benzene rings is 2. The molecule has 2 heterocycles. The summed E-state index contributed by atoms with van der Waals surface area (Å²) in [6.07, 6.45) is 11.0. The first-order valence-corrected chi connectivity index (χ1v) is 15.5. The number of nitrogens with one attached hydrogen (secondary N) is 4. The minimum absolute atomic E-state index is 0.0586. The van der Waals surface area contributed by atoms with E-state index in [4.69, 9.17) is 21.3 Å². The predicted molar refractivity (Wildman–Crippen MR) is 169 cm³/mol. The van der Waals surface area contributed by atoms with Crippen LogP contribution in [-0.4, -0.2) is 34.7 Å². The van der Waals surface area contributed by atoms with Crippen molar-refractivity contribution in [2.24, 2.45) is 0 Å². The molecule has 9 heteroatoms. The molecular weight excluding hydrogens is 550 g/mol. The van der Waals surface area contributed by atoms with Gasteiger partial charge in [-0.25, -0.2) is 4.79 Å². The fourth-order valence-corrected chi connectivity index (χ4v) is 5.94. The van der Waals surface area contributed by atoms with Gasteiger partial charge in [0.05, 0.1) is 11.2 Å². The Labute approximate surface area is 252 Å². The number of fused-ring (bicyclic) bond motifs is 3. The molecule has 2 amide bonds. The van der Waals surface area contributed by atoms with E-state index in [0.29, 0.717) is 23.7 Å². The van der Waals surface area contributed by atoms with Crippen molar-refractivity contribution in [2.45, 2.75) is 84.2 Å². The van der Waals surface area contributed by atoms with Crippen LogP contribution in [-0.2, 0) is 24.1 Å². The van der Waals surface area contributed by atoms with Crippen LogP contribution < -0.4 is 20.7 Å². The average molecular weight is 590 g/mol. The third kappa shape index (κ3) is 7.34. The Kier molecular flexibility index (Phi) is 9.85. The summed E-state index contributed by atoms with van der Waals surface area (Å²) in [7, 11) is 0. The van der Waals surface area contributed by atoms with Crippen molar-refractivity contribution < 1.29 is 14.3 Å². The van der Waals surface area contributed by atoms with E-state index in [1.54, 1.807) is 6.07 Å². The summed E-state index contributed by atoms with van der Waals surface area (Å²) in [5.74, 6) is 0.403. The standard InChI is InChI=1S/C33H40ClN5O3/c1-3-4-5-6-11-31(38-32-25-9-7-8-10-29(25)37-30-14-12-23(34)18-27(30)32)39-33(41)42-24-13-15-28-26(19-24)22(20-36-28)16-17-35-21(2)40/h12-15,18-20,31,36H,3-11,16-17H2,1-2H3,(H,35,40)(H,37,38)(H,39,41). The molecule has 1 atom stereocenters. The maximum absolute atomic E-state index is 13.3. The summed E-state index contributed by atoms with van der Waals surface area (Å²) < 4.78 is 5.80. The van der Waals surface area contributed by atoms with E-state index in [1.807, 2.05) is 36.5 Å². The third-order valence-electron chi connectivity index (χ3n) is 7.90. The lowest BCUT2D eigenvalue weighted by atomic mass is 9.92. The van der Waals surface area contributed by atoms with Crippen molar-refractivity contribution in [3.8, 4) is 5.75 Å². The van der Waals surface area contributed by atoms with Gasteiger partial charge in [0, 0.05) is 46.7 Å². The van der Waals surface area contributed by atoms with Gasteiger partial charge >= 0.3 is 6.09 Å². The van der Waals surface area contributed by atoms with Gasteiger partial charge in [0.1, 0.15) is 11.9 Å². The van der Waals surface area contributed by atoms with Crippen molar-refractivity contribution in [1.29, 1.82) is 0 Å². The topological polar surface area (TPSA) is 108 Å². The van der Waals surface area contributed by atoms with E-state index in [0.717, 1.165) is 96.5 Å². The van der Waals surface area contributed by atoms with Gasteiger partial charge in [0.15, 0.2) is 0 Å². The number of carbonyl (C=O) groups excluding carboxylic acids is 2. The Bertz CT molecular complexity index is 1570. The number of hydrogen-bond donors (Lipinski definition) is 4. The van der Waals surface area contributed by atoms with Gasteiger partial charge in [0.2, 0.25) is 5.91 Å². The van der Waals surface area contributed by atoms with Crippen LogP contribution in [0, 0.1) is 0 Å². The summed E-state index contributed by atoms with van der Waals surface area (Å²) >= 11 is 6.42. The predicted octanol–water partition coefficient (Wildman–Crippen LogP) is 7.42. The molecule has 4 aromatic rings. The maximum atomic E-state index is 13.3. The summed E-state index contributed by atoms with van der Waals surface area (Å²) in [4.78, 5) is 32.7. The first kappa shape index (κ1) is 29.7. The average Bonchev–Trinajstić information content (AvgIpc) is 3.37. The Balaban J connectivity index is 1.35. The molecule has 2 aromatic carbocycles. The van der Waals surface area contributed by atoms with Crippen LogP contribution in [0.4, 0.5) is 10.5 Å². The third-order valence-corrected chi connectivity index (χ3v) is 8.13. The van der Waals surface area contributed by atoms with Crippen LogP contribution in [0.3, 0.4) is 0 Å². The molecule has 0 aliphatic heterocycles. The lowest BCUT2D eigenvalue weighted by Crippen LogP contribution is -2.42. The van der Waals surface area contributed by atoms with Crippen molar-refractivity contribution in [3.63, 3.8) is 0 Å². The van der Waals surface area contributed by atoms with Crippen molar-refractivity contribution in [1.82, 2.24) is 20.6 Å². The molecule has 0 fully saturated rings. The van der Waals surface area contributed by atoms with Crippen molar-refractivity contribution in [3.05, 3.63) is 64.4 Å². The zero-order valence-corrected chi connectivity index (χ0v) is 25.2. The number of pyridine rings is 1. The molecule has 1 unspecified atom stereocenters. The molecule has 0 radical (unpaired) electrons. The second-order valence-electron chi connectivity index (χ2n) is 11.1. The summed E-state index contributed by atoms with van der Waals surface area (Å²) in [6, 6.07) is 11.4. The van der Waals surface area contributed by atoms with Crippen LogP contribution in [0.2, 0.25) is 5.02 Å². The van der Waals surface area contributed by atoms with E-state index in [-0.39, 0.29) is 12.1 Å². The van der Waals surface area contributed by atoms with Crippen LogP contribution >= 0.6 is 11.6 Å². The van der Waals surface area contributed by atoms with E-state index in [2.05, 4.69) is 27.9 Å².